The van der Waals surface area contributed by atoms with Crippen molar-refractivity contribution in [2.24, 2.45) is 0 Å². The molecule has 0 radical (unpaired) electrons. The summed E-state index contributed by atoms with van der Waals surface area (Å²) in [4.78, 5) is 1.02. The van der Waals surface area contributed by atoms with Gasteiger partial charge in [-0.1, -0.05) is 118 Å². The van der Waals surface area contributed by atoms with Crippen LogP contribution in [-0.2, 0) is 19.3 Å². The van der Waals surface area contributed by atoms with Crippen LogP contribution in [0.25, 0.3) is 33.9 Å². The summed E-state index contributed by atoms with van der Waals surface area (Å²) in [5, 5.41) is 2.92. The van der Waals surface area contributed by atoms with Crippen LogP contribution in [0.3, 0.4) is 0 Å². The Balaban J connectivity index is 1.50. The van der Waals surface area contributed by atoms with Gasteiger partial charge in [-0.15, -0.1) is 12.6 Å². The summed E-state index contributed by atoms with van der Waals surface area (Å²) in [6.45, 7) is 4.60. The van der Waals surface area contributed by atoms with Crippen LogP contribution in [0.2, 0.25) is 0 Å². The van der Waals surface area contributed by atoms with E-state index in [9.17, 15) is 0 Å². The van der Waals surface area contributed by atoms with Crippen molar-refractivity contribution >= 4 is 46.5 Å². The molecule has 0 N–H and O–H groups in total. The normalized spacial score (nSPS) is 14.9. The number of unbranched alkanes of at least 4 members (excludes halogenated alkanes) is 4. The standard InChI is InChI=1S/C39H44S/c1-3-5-7-8-21-36-35-23-12-11-22-34(35)33(20-6-4-2)37-26-25-32(28-38(36)37)39(40)24-14-16-29-15-13-19-30-17-9-10-18-31(30)27-29/h9-10,12-14,16-19,23-28,40H,3-8,11,15,20-22H2,1-2H3/b16-14+,39-24-. The fourth-order valence-corrected chi connectivity index (χ4v) is 6.50. The van der Waals surface area contributed by atoms with E-state index in [2.05, 4.69) is 105 Å². The maximum Gasteiger partial charge on any atom is 0.0113 e. The van der Waals surface area contributed by atoms with E-state index in [0.717, 1.165) is 17.7 Å². The number of aryl methyl sites for hydroxylation is 2. The highest BCUT2D eigenvalue weighted by molar-refractivity contribution is 7.90. The molecule has 0 atom stereocenters. The minimum absolute atomic E-state index is 0.942. The third kappa shape index (κ3) is 6.64. The molecule has 1 heteroatoms. The van der Waals surface area contributed by atoms with Gasteiger partial charge in [-0.2, -0.15) is 0 Å². The van der Waals surface area contributed by atoms with Gasteiger partial charge in [0.2, 0.25) is 0 Å². The van der Waals surface area contributed by atoms with Gasteiger partial charge in [0.15, 0.2) is 0 Å². The zero-order valence-electron chi connectivity index (χ0n) is 24.4. The van der Waals surface area contributed by atoms with Crippen molar-refractivity contribution in [3.8, 4) is 0 Å². The highest BCUT2D eigenvalue weighted by Gasteiger charge is 2.19. The lowest BCUT2D eigenvalue weighted by Crippen LogP contribution is -2.07. The van der Waals surface area contributed by atoms with Gasteiger partial charge in [-0.3, -0.25) is 0 Å². The van der Waals surface area contributed by atoms with Gasteiger partial charge in [-0.25, -0.2) is 0 Å². The van der Waals surface area contributed by atoms with Gasteiger partial charge < -0.3 is 0 Å². The maximum absolute atomic E-state index is 4.99. The second kappa shape index (κ2) is 14.0. The van der Waals surface area contributed by atoms with Gasteiger partial charge in [0.1, 0.15) is 0 Å². The van der Waals surface area contributed by atoms with Gasteiger partial charge in [-0.05, 0) is 112 Å². The number of allylic oxidation sites excluding steroid dienone is 6. The zero-order valence-corrected chi connectivity index (χ0v) is 25.3. The van der Waals surface area contributed by atoms with Crippen molar-refractivity contribution in [3.05, 3.63) is 117 Å². The highest BCUT2D eigenvalue weighted by atomic mass is 32.1. The Kier molecular flexibility index (Phi) is 10.0. The van der Waals surface area contributed by atoms with E-state index < -0.39 is 0 Å². The van der Waals surface area contributed by atoms with Crippen LogP contribution < -0.4 is 0 Å². The molecule has 0 aromatic heterocycles. The van der Waals surface area contributed by atoms with Crippen LogP contribution in [-0.4, -0.2) is 0 Å². The molecule has 2 aliphatic rings. The first-order valence-corrected chi connectivity index (χ1v) is 15.9. The van der Waals surface area contributed by atoms with Crippen molar-refractivity contribution in [3.63, 3.8) is 0 Å². The summed E-state index contributed by atoms with van der Waals surface area (Å²) in [6.07, 6.45) is 31.4. The molecule has 206 valence electrons. The second-order valence-electron chi connectivity index (χ2n) is 11.3. The largest absolute Gasteiger partial charge is 0.143 e. The Hall–Kier alpha value is -3.03. The summed E-state index contributed by atoms with van der Waals surface area (Å²) < 4.78 is 0. The van der Waals surface area contributed by atoms with Crippen molar-refractivity contribution in [1.29, 1.82) is 0 Å². The number of hydrogen-bond acceptors (Lipinski definition) is 1. The molecule has 0 saturated heterocycles. The number of hydrogen-bond donors (Lipinski definition) is 1. The molecule has 3 aromatic rings. The Morgan fingerprint density at radius 3 is 2.50 bits per heavy atom. The lowest BCUT2D eigenvalue weighted by atomic mass is 9.81. The predicted octanol–water partition coefficient (Wildman–Crippen LogP) is 11.6. The maximum atomic E-state index is 4.99. The summed E-state index contributed by atoms with van der Waals surface area (Å²) in [5.74, 6) is 0. The first-order valence-electron chi connectivity index (χ1n) is 15.5. The van der Waals surface area contributed by atoms with E-state index in [1.54, 1.807) is 16.7 Å². The molecule has 40 heavy (non-hydrogen) atoms. The van der Waals surface area contributed by atoms with Crippen molar-refractivity contribution < 1.29 is 0 Å². The van der Waals surface area contributed by atoms with Crippen LogP contribution >= 0.6 is 12.6 Å². The lowest BCUT2D eigenvalue weighted by molar-refractivity contribution is 0.667. The van der Waals surface area contributed by atoms with E-state index in [1.165, 1.54) is 96.4 Å². The molecule has 0 nitrogen and oxygen atoms in total. The highest BCUT2D eigenvalue weighted by Crippen LogP contribution is 2.38. The third-order valence-corrected chi connectivity index (χ3v) is 8.85. The van der Waals surface area contributed by atoms with Crippen LogP contribution in [0.15, 0.2) is 78.4 Å². The minimum atomic E-state index is 0.942. The van der Waals surface area contributed by atoms with E-state index in [1.807, 2.05) is 0 Å². The SMILES string of the molecule is CCCCCCc1c2c(c(CCCC)c3ccc(/C(S)=C/C=C/C4=Cc5ccccc5C=CC4)cc13)CCC=C2. The monoisotopic (exact) mass is 544 g/mol. The van der Waals surface area contributed by atoms with Crippen LogP contribution in [0, 0.1) is 0 Å². The minimum Gasteiger partial charge on any atom is -0.143 e. The van der Waals surface area contributed by atoms with Crippen molar-refractivity contribution in [2.45, 2.75) is 84.5 Å². The molecule has 0 unspecified atom stereocenters. The van der Waals surface area contributed by atoms with E-state index in [-0.39, 0.29) is 0 Å². The fraction of sp³-hybridized carbons (Fsp3) is 0.333. The predicted molar refractivity (Wildman–Crippen MR) is 182 cm³/mol. The van der Waals surface area contributed by atoms with Gasteiger partial charge in [0.05, 0.1) is 0 Å². The Bertz CT molecular complexity index is 1490. The van der Waals surface area contributed by atoms with Gasteiger partial charge >= 0.3 is 0 Å². The molecular weight excluding hydrogens is 500 g/mol. The lowest BCUT2D eigenvalue weighted by Gasteiger charge is -2.24. The molecule has 0 amide bonds. The van der Waals surface area contributed by atoms with Crippen LogP contribution in [0.5, 0.6) is 0 Å². The Labute approximate surface area is 247 Å². The molecule has 0 bridgehead atoms. The molecule has 0 aliphatic heterocycles. The first kappa shape index (κ1) is 28.5. The Morgan fingerprint density at radius 1 is 0.825 bits per heavy atom. The molecule has 5 rings (SSSR count). The first-order chi connectivity index (χ1) is 19.7. The molecule has 2 aliphatic carbocycles. The fourth-order valence-electron chi connectivity index (χ4n) is 6.27. The summed E-state index contributed by atoms with van der Waals surface area (Å²) in [5.41, 5.74) is 11.4. The molecule has 0 saturated carbocycles. The summed E-state index contributed by atoms with van der Waals surface area (Å²) in [7, 11) is 0. The smallest absolute Gasteiger partial charge is 0.0113 e. The van der Waals surface area contributed by atoms with E-state index >= 15 is 0 Å². The average molecular weight is 545 g/mol. The second-order valence-corrected chi connectivity index (χ2v) is 11.8. The Morgan fingerprint density at radius 2 is 1.65 bits per heavy atom. The number of thiol groups is 1. The van der Waals surface area contributed by atoms with Crippen molar-refractivity contribution in [1.82, 2.24) is 0 Å². The topological polar surface area (TPSA) is 0 Å². The zero-order chi connectivity index (χ0) is 27.7. The summed E-state index contributed by atoms with van der Waals surface area (Å²) in [6, 6.07) is 15.7. The molecular formula is C39H44S. The van der Waals surface area contributed by atoms with E-state index in [0.29, 0.717) is 0 Å². The average Bonchev–Trinajstić information content (AvgIpc) is 3.20. The van der Waals surface area contributed by atoms with Crippen molar-refractivity contribution in [2.75, 3.05) is 0 Å². The van der Waals surface area contributed by atoms with Crippen LogP contribution in [0.1, 0.15) is 104 Å². The quantitative estimate of drug-likeness (QED) is 0.138. The van der Waals surface area contributed by atoms with Crippen LogP contribution in [0.4, 0.5) is 0 Å². The third-order valence-electron chi connectivity index (χ3n) is 8.44. The van der Waals surface area contributed by atoms with Gasteiger partial charge in [0, 0.05) is 4.91 Å². The number of fused-ring (bicyclic) bond motifs is 3. The molecule has 3 aromatic carbocycles. The summed E-state index contributed by atoms with van der Waals surface area (Å²) >= 11 is 4.99. The van der Waals surface area contributed by atoms with Gasteiger partial charge in [0.25, 0.3) is 0 Å². The number of benzene rings is 3. The molecule has 0 spiro atoms. The van der Waals surface area contributed by atoms with E-state index in [4.69, 9.17) is 12.6 Å². The molecule has 0 fully saturated rings. The molecule has 0 heterocycles. The number of rotatable bonds is 11.